The minimum Gasteiger partial charge on any atom is -0.333 e. The number of primary sulfonamides is 1. The Morgan fingerprint density at radius 3 is 2.31 bits per heavy atom. The normalized spacial score (nSPS) is 12.7. The maximum absolute atomic E-state index is 13.6. The predicted octanol–water partition coefficient (Wildman–Crippen LogP) is 0.842. The van der Waals surface area contributed by atoms with Gasteiger partial charge in [-0.3, -0.25) is 4.79 Å². The second kappa shape index (κ2) is 7.85. The first kappa shape index (κ1) is 19.9. The highest BCUT2D eigenvalue weighted by Gasteiger charge is 2.20. The van der Waals surface area contributed by atoms with Gasteiger partial charge in [0.2, 0.25) is 10.0 Å². The minimum atomic E-state index is -3.78. The number of carbonyl (C=O) groups excluding carboxylic acids is 1. The van der Waals surface area contributed by atoms with E-state index in [-0.39, 0.29) is 4.90 Å². The van der Waals surface area contributed by atoms with Crippen LogP contribution in [0.15, 0.2) is 41.3 Å². The zero-order valence-corrected chi connectivity index (χ0v) is 14.5. The molecule has 0 saturated carbocycles. The number of benzene rings is 2. The molecule has 0 fully saturated rings. The van der Waals surface area contributed by atoms with Crippen molar-refractivity contribution in [3.05, 3.63) is 59.4 Å². The summed E-state index contributed by atoms with van der Waals surface area (Å²) in [6.45, 7) is 1.88. The minimum absolute atomic E-state index is 0.0270. The summed E-state index contributed by atoms with van der Waals surface area (Å²) < 4.78 is 62.0. The van der Waals surface area contributed by atoms with E-state index in [1.54, 1.807) is 24.4 Å². The van der Waals surface area contributed by atoms with Crippen LogP contribution in [0.3, 0.4) is 0 Å². The predicted molar refractivity (Wildman–Crippen MR) is 87.9 cm³/mol. The third-order valence-electron chi connectivity index (χ3n) is 3.67. The first-order chi connectivity index (χ1) is 12.1. The van der Waals surface area contributed by atoms with Crippen molar-refractivity contribution in [2.45, 2.75) is 24.4 Å². The molecule has 10 heteroatoms. The van der Waals surface area contributed by atoms with Crippen LogP contribution >= 0.6 is 0 Å². The molecule has 0 aliphatic heterocycles. The molecule has 140 valence electrons. The molecule has 2 rings (SSSR count). The Kier molecular flexibility index (Phi) is 6.01. The van der Waals surface area contributed by atoms with E-state index < -0.39 is 45.1 Å². The molecule has 0 radical (unpaired) electrons. The van der Waals surface area contributed by atoms with Gasteiger partial charge in [0.15, 0.2) is 23.5 Å². The molecule has 0 unspecified atom stereocenters. The van der Waals surface area contributed by atoms with Gasteiger partial charge in [0.1, 0.15) is 6.54 Å². The highest BCUT2D eigenvalue weighted by molar-refractivity contribution is 7.89. The van der Waals surface area contributed by atoms with Crippen LogP contribution in [-0.2, 0) is 21.4 Å². The number of anilines is 1. The van der Waals surface area contributed by atoms with Gasteiger partial charge in [0.25, 0.3) is 5.91 Å². The van der Waals surface area contributed by atoms with E-state index in [4.69, 9.17) is 5.14 Å². The Morgan fingerprint density at radius 2 is 1.73 bits per heavy atom. The molecular weight excluding hydrogens is 371 g/mol. The van der Waals surface area contributed by atoms with Crippen LogP contribution < -0.4 is 15.8 Å². The molecule has 0 spiro atoms. The monoisotopic (exact) mass is 388 g/mol. The molecule has 0 bridgehead atoms. The number of nitrogens with two attached hydrogens (primary N) is 2. The topological polar surface area (TPSA) is 106 Å². The van der Waals surface area contributed by atoms with E-state index in [1.165, 1.54) is 12.1 Å². The van der Waals surface area contributed by atoms with Crippen molar-refractivity contribution in [2.75, 3.05) is 5.32 Å². The maximum Gasteiger partial charge on any atom is 0.282 e. The van der Waals surface area contributed by atoms with Gasteiger partial charge in [0, 0.05) is 5.56 Å². The largest absolute Gasteiger partial charge is 0.333 e. The summed E-state index contributed by atoms with van der Waals surface area (Å²) in [5, 5.41) is 8.81. The maximum atomic E-state index is 13.6. The number of carbonyl (C=O) groups is 1. The van der Waals surface area contributed by atoms with Gasteiger partial charge in [0.05, 0.1) is 10.6 Å². The Bertz CT molecular complexity index is 918. The number of quaternary nitrogens is 1. The van der Waals surface area contributed by atoms with Crippen LogP contribution in [-0.4, -0.2) is 20.4 Å². The highest BCUT2D eigenvalue weighted by atomic mass is 32.2. The van der Waals surface area contributed by atoms with Crippen molar-refractivity contribution in [3.8, 4) is 0 Å². The molecule has 0 heterocycles. The summed E-state index contributed by atoms with van der Waals surface area (Å²) >= 11 is 0. The summed E-state index contributed by atoms with van der Waals surface area (Å²) in [6, 6.07) is 6.78. The second-order valence-electron chi connectivity index (χ2n) is 5.63. The molecule has 5 N–H and O–H groups in total. The summed E-state index contributed by atoms with van der Waals surface area (Å²) in [7, 11) is -3.78. The summed E-state index contributed by atoms with van der Waals surface area (Å²) in [6.07, 6.45) is 0. The Morgan fingerprint density at radius 1 is 1.12 bits per heavy atom. The van der Waals surface area contributed by atoms with Crippen LogP contribution in [0.4, 0.5) is 18.9 Å². The second-order valence-corrected chi connectivity index (χ2v) is 7.19. The number of nitrogens with one attached hydrogen (secondary N) is 1. The van der Waals surface area contributed by atoms with Crippen LogP contribution in [0.5, 0.6) is 0 Å². The van der Waals surface area contributed by atoms with Crippen LogP contribution in [0.2, 0.25) is 0 Å². The van der Waals surface area contributed by atoms with Crippen LogP contribution in [0.25, 0.3) is 0 Å². The van der Waals surface area contributed by atoms with Gasteiger partial charge in [-0.05, 0) is 31.2 Å². The van der Waals surface area contributed by atoms with E-state index >= 15 is 0 Å². The fourth-order valence-corrected chi connectivity index (χ4v) is 2.62. The number of amides is 1. The van der Waals surface area contributed by atoms with Gasteiger partial charge in [-0.2, -0.15) is 0 Å². The molecule has 1 amide bonds. The number of hydrogen-bond acceptors (Lipinski definition) is 3. The number of sulfonamides is 1. The third kappa shape index (κ3) is 4.81. The first-order valence-electron chi connectivity index (χ1n) is 7.49. The van der Waals surface area contributed by atoms with Crippen molar-refractivity contribution >= 4 is 21.6 Å². The molecule has 1 atom stereocenters. The summed E-state index contributed by atoms with van der Waals surface area (Å²) in [5.41, 5.74) is 0.280. The smallest absolute Gasteiger partial charge is 0.282 e. The lowest BCUT2D eigenvalue weighted by molar-refractivity contribution is -0.688. The van der Waals surface area contributed by atoms with E-state index in [1.807, 2.05) is 0 Å². The molecule has 0 aliphatic carbocycles. The number of halogens is 3. The lowest BCUT2D eigenvalue weighted by Crippen LogP contribution is -2.90. The van der Waals surface area contributed by atoms with Crippen molar-refractivity contribution in [2.24, 2.45) is 5.14 Å². The zero-order valence-electron chi connectivity index (χ0n) is 13.7. The lowest BCUT2D eigenvalue weighted by atomic mass is 10.2. The van der Waals surface area contributed by atoms with Crippen molar-refractivity contribution in [1.29, 1.82) is 0 Å². The molecule has 0 aliphatic rings. The molecule has 0 aromatic heterocycles. The van der Waals surface area contributed by atoms with Gasteiger partial charge < -0.3 is 10.6 Å². The number of rotatable bonds is 6. The molecular formula is C16H17F3N3O3S+. The molecule has 2 aromatic rings. The van der Waals surface area contributed by atoms with Gasteiger partial charge in [-0.1, -0.05) is 12.1 Å². The van der Waals surface area contributed by atoms with Crippen LogP contribution in [0, 0.1) is 17.5 Å². The van der Waals surface area contributed by atoms with Crippen molar-refractivity contribution in [1.82, 2.24) is 0 Å². The zero-order chi connectivity index (χ0) is 19.5. The van der Waals surface area contributed by atoms with Gasteiger partial charge >= 0.3 is 0 Å². The number of hydrogen-bond donors (Lipinski definition) is 3. The summed E-state index contributed by atoms with van der Waals surface area (Å²) in [4.78, 5) is 12.0. The quantitative estimate of drug-likeness (QED) is 0.639. The average molecular weight is 388 g/mol. The lowest BCUT2D eigenvalue weighted by Gasteiger charge is -2.12. The van der Waals surface area contributed by atoms with E-state index in [9.17, 15) is 26.4 Å². The van der Waals surface area contributed by atoms with Gasteiger partial charge in [-0.15, -0.1) is 0 Å². The SMILES string of the molecule is C[C@@H]([NH2+]Cc1ccc(S(N)(=O)=O)cc1)C(=O)Nc1ccc(F)c(F)c1F. The van der Waals surface area contributed by atoms with Crippen LogP contribution in [0.1, 0.15) is 12.5 Å². The van der Waals surface area contributed by atoms with E-state index in [0.717, 1.165) is 17.7 Å². The fourth-order valence-electron chi connectivity index (χ4n) is 2.10. The highest BCUT2D eigenvalue weighted by Crippen LogP contribution is 2.19. The standard InChI is InChI=1S/C16H16F3N3O3S/c1-9(16(23)22-13-7-6-12(17)14(18)15(13)19)21-8-10-2-4-11(5-3-10)26(20,24)25/h2-7,9,21H,8H2,1H3,(H,22,23)(H2,20,24,25)/p+1/t9-/m1/s1. The Balaban J connectivity index is 1.96. The van der Waals surface area contributed by atoms with Crippen molar-refractivity contribution < 1.29 is 31.7 Å². The Hall–Kier alpha value is -2.43. The molecule has 2 aromatic carbocycles. The summed E-state index contributed by atoms with van der Waals surface area (Å²) in [5.74, 6) is -5.07. The van der Waals surface area contributed by atoms with Crippen molar-refractivity contribution in [3.63, 3.8) is 0 Å². The third-order valence-corrected chi connectivity index (χ3v) is 4.59. The first-order valence-corrected chi connectivity index (χ1v) is 9.03. The molecule has 26 heavy (non-hydrogen) atoms. The Labute approximate surface area is 148 Å². The molecule has 0 saturated heterocycles. The van der Waals surface area contributed by atoms with Gasteiger partial charge in [-0.25, -0.2) is 26.7 Å². The van der Waals surface area contributed by atoms with E-state index in [2.05, 4.69) is 5.32 Å². The van der Waals surface area contributed by atoms with E-state index in [0.29, 0.717) is 6.54 Å². The average Bonchev–Trinajstić information content (AvgIpc) is 2.59. The fraction of sp³-hybridized carbons (Fsp3) is 0.188. The molecule has 6 nitrogen and oxygen atoms in total.